The molecule has 0 amide bonds. The molecule has 0 aliphatic heterocycles. The Labute approximate surface area is 126 Å². The van der Waals surface area contributed by atoms with Crippen molar-refractivity contribution in [2.24, 2.45) is 0 Å². The fraction of sp³-hybridized carbons (Fsp3) is 0.562. The Kier molecular flexibility index (Phi) is 12.8. The van der Waals surface area contributed by atoms with E-state index in [1.165, 1.54) is 31.2 Å². The van der Waals surface area contributed by atoms with E-state index in [1.54, 1.807) is 0 Å². The van der Waals surface area contributed by atoms with Crippen molar-refractivity contribution in [3.63, 3.8) is 0 Å². The van der Waals surface area contributed by atoms with Gasteiger partial charge in [-0.1, -0.05) is 69.9 Å². The molecule has 0 saturated heterocycles. The van der Waals surface area contributed by atoms with E-state index in [2.05, 4.69) is 38.1 Å². The average molecular weight is 360 g/mol. The standard InChI is InChI=1S/C8H15IO.C8H10/c1-2-3-4-5-6-7-8(9)10;1-2-8-6-4-3-5-7-8/h2-7H2,1H3;3-7H,2H2,1H3. The molecular weight excluding hydrogens is 335 g/mol. The van der Waals surface area contributed by atoms with Crippen molar-refractivity contribution in [1.29, 1.82) is 0 Å². The Morgan fingerprint density at radius 2 is 1.61 bits per heavy atom. The van der Waals surface area contributed by atoms with Crippen molar-refractivity contribution >= 4 is 26.4 Å². The molecule has 0 bridgehead atoms. The fourth-order valence-electron chi connectivity index (χ4n) is 1.58. The molecule has 1 aromatic carbocycles. The molecule has 0 atom stereocenters. The van der Waals surface area contributed by atoms with Crippen molar-refractivity contribution in [2.75, 3.05) is 0 Å². The number of aryl methyl sites for hydroxylation is 1. The average Bonchev–Trinajstić information content (AvgIpc) is 2.40. The first-order valence-corrected chi connectivity index (χ1v) is 8.00. The van der Waals surface area contributed by atoms with E-state index in [-0.39, 0.29) is 0 Å². The molecule has 18 heavy (non-hydrogen) atoms. The minimum Gasteiger partial charge on any atom is -0.288 e. The highest BCUT2D eigenvalue weighted by atomic mass is 127. The molecule has 0 radical (unpaired) electrons. The van der Waals surface area contributed by atoms with Crippen LogP contribution in [-0.2, 0) is 11.2 Å². The highest BCUT2D eigenvalue weighted by molar-refractivity contribution is 14.1. The van der Waals surface area contributed by atoms with Gasteiger partial charge in [0.1, 0.15) is 0 Å². The third kappa shape index (κ3) is 12.1. The topological polar surface area (TPSA) is 17.1 Å². The summed E-state index contributed by atoms with van der Waals surface area (Å²) in [7, 11) is 0. The van der Waals surface area contributed by atoms with E-state index in [9.17, 15) is 4.79 Å². The zero-order valence-corrected chi connectivity index (χ0v) is 13.8. The second kappa shape index (κ2) is 13.1. The molecule has 0 aliphatic carbocycles. The molecule has 2 heteroatoms. The first-order valence-electron chi connectivity index (χ1n) is 6.93. The van der Waals surface area contributed by atoms with Crippen molar-refractivity contribution in [1.82, 2.24) is 0 Å². The summed E-state index contributed by atoms with van der Waals surface area (Å²) in [5.41, 5.74) is 1.41. The molecule has 0 spiro atoms. The van der Waals surface area contributed by atoms with E-state index in [4.69, 9.17) is 0 Å². The highest BCUT2D eigenvalue weighted by Crippen LogP contribution is 2.06. The minimum atomic E-state index is 0.300. The number of carbonyl (C=O) groups is 1. The summed E-state index contributed by atoms with van der Waals surface area (Å²) in [6.45, 7) is 4.36. The van der Waals surface area contributed by atoms with Gasteiger partial charge in [0.15, 0.2) is 3.79 Å². The normalized spacial score (nSPS) is 9.50. The fourth-order valence-corrected chi connectivity index (χ4v) is 1.96. The minimum absolute atomic E-state index is 0.300. The lowest BCUT2D eigenvalue weighted by molar-refractivity contribution is -0.109. The van der Waals surface area contributed by atoms with Gasteiger partial charge < -0.3 is 0 Å². The van der Waals surface area contributed by atoms with Crippen molar-refractivity contribution in [3.8, 4) is 0 Å². The van der Waals surface area contributed by atoms with Gasteiger partial charge in [-0.25, -0.2) is 0 Å². The number of unbranched alkanes of at least 4 members (excludes halogenated alkanes) is 4. The number of rotatable bonds is 7. The summed E-state index contributed by atoms with van der Waals surface area (Å²) in [5.74, 6) is 0. The maximum atomic E-state index is 10.5. The maximum absolute atomic E-state index is 10.5. The van der Waals surface area contributed by atoms with Crippen LogP contribution in [0.25, 0.3) is 0 Å². The molecule has 0 saturated carbocycles. The third-order valence-electron chi connectivity index (χ3n) is 2.73. The summed E-state index contributed by atoms with van der Waals surface area (Å²) in [6, 6.07) is 10.5. The van der Waals surface area contributed by atoms with Crippen molar-refractivity contribution in [3.05, 3.63) is 35.9 Å². The largest absolute Gasteiger partial charge is 0.288 e. The van der Waals surface area contributed by atoms with E-state index >= 15 is 0 Å². The zero-order chi connectivity index (χ0) is 13.6. The second-order valence-electron chi connectivity index (χ2n) is 4.36. The Morgan fingerprint density at radius 1 is 1.00 bits per heavy atom. The number of halogens is 1. The van der Waals surface area contributed by atoms with Crippen LogP contribution in [0, 0.1) is 0 Å². The van der Waals surface area contributed by atoms with Crippen LogP contribution < -0.4 is 0 Å². The van der Waals surface area contributed by atoms with Crippen LogP contribution in [-0.4, -0.2) is 3.79 Å². The highest BCUT2D eigenvalue weighted by Gasteiger charge is 1.93. The van der Waals surface area contributed by atoms with Crippen LogP contribution in [0.15, 0.2) is 30.3 Å². The molecule has 102 valence electrons. The summed E-state index contributed by atoms with van der Waals surface area (Å²) in [4.78, 5) is 10.5. The molecule has 0 aliphatic rings. The van der Waals surface area contributed by atoms with Gasteiger partial charge >= 0.3 is 0 Å². The first kappa shape index (κ1) is 17.6. The number of benzene rings is 1. The summed E-state index contributed by atoms with van der Waals surface area (Å²) >= 11 is 1.86. The van der Waals surface area contributed by atoms with Gasteiger partial charge in [-0.15, -0.1) is 0 Å². The molecule has 0 N–H and O–H groups in total. The van der Waals surface area contributed by atoms with Gasteiger partial charge in [0, 0.05) is 6.42 Å². The Hall–Kier alpha value is -0.380. The molecular formula is C16H25IO. The molecule has 1 rings (SSSR count). The maximum Gasteiger partial charge on any atom is 0.192 e. The van der Waals surface area contributed by atoms with Gasteiger partial charge in [-0.2, -0.15) is 0 Å². The Balaban J connectivity index is 0.000000327. The van der Waals surface area contributed by atoms with Crippen LogP contribution in [0.5, 0.6) is 0 Å². The Bertz CT molecular complexity index is 295. The molecule has 0 aromatic heterocycles. The molecule has 1 aromatic rings. The summed E-state index contributed by atoms with van der Waals surface area (Å²) in [5, 5.41) is 0. The number of carbonyl (C=O) groups excluding carboxylic acids is 1. The predicted octanol–water partition coefficient (Wildman–Crippen LogP) is 5.56. The lowest BCUT2D eigenvalue weighted by Gasteiger charge is -1.95. The smallest absolute Gasteiger partial charge is 0.192 e. The summed E-state index contributed by atoms with van der Waals surface area (Å²) in [6.07, 6.45) is 8.10. The zero-order valence-electron chi connectivity index (χ0n) is 11.6. The quantitative estimate of drug-likeness (QED) is 0.354. The second-order valence-corrected chi connectivity index (χ2v) is 5.56. The number of hydrogen-bond acceptors (Lipinski definition) is 1. The summed E-state index contributed by atoms with van der Waals surface area (Å²) < 4.78 is 0.300. The predicted molar refractivity (Wildman–Crippen MR) is 88.2 cm³/mol. The monoisotopic (exact) mass is 360 g/mol. The molecule has 1 nitrogen and oxygen atoms in total. The van der Waals surface area contributed by atoms with Crippen LogP contribution in [0.4, 0.5) is 0 Å². The van der Waals surface area contributed by atoms with Crippen molar-refractivity contribution < 1.29 is 4.79 Å². The van der Waals surface area contributed by atoms with Crippen LogP contribution in [0.2, 0.25) is 0 Å². The van der Waals surface area contributed by atoms with E-state index < -0.39 is 0 Å². The SMILES string of the molecule is CCCCCCCC(=O)I.CCc1ccccc1. The van der Waals surface area contributed by atoms with Crippen molar-refractivity contribution in [2.45, 2.75) is 58.8 Å². The molecule has 0 fully saturated rings. The van der Waals surface area contributed by atoms with Crippen LogP contribution >= 0.6 is 22.6 Å². The van der Waals surface area contributed by atoms with Gasteiger partial charge in [0.25, 0.3) is 0 Å². The third-order valence-corrected chi connectivity index (χ3v) is 3.27. The van der Waals surface area contributed by atoms with E-state index in [0.717, 1.165) is 19.3 Å². The number of hydrogen-bond donors (Lipinski definition) is 0. The van der Waals surface area contributed by atoms with Gasteiger partial charge in [-0.05, 0) is 41.0 Å². The Morgan fingerprint density at radius 3 is 2.06 bits per heavy atom. The first-order chi connectivity index (χ1) is 8.70. The van der Waals surface area contributed by atoms with Gasteiger partial charge in [0.2, 0.25) is 0 Å². The molecule has 0 heterocycles. The molecule has 0 unspecified atom stereocenters. The lowest BCUT2D eigenvalue weighted by Crippen LogP contribution is -1.84. The van der Waals surface area contributed by atoms with Crippen LogP contribution in [0.3, 0.4) is 0 Å². The van der Waals surface area contributed by atoms with Crippen LogP contribution in [0.1, 0.15) is 57.9 Å². The van der Waals surface area contributed by atoms with E-state index in [0.29, 0.717) is 3.79 Å². The lowest BCUT2D eigenvalue weighted by atomic mass is 10.1. The van der Waals surface area contributed by atoms with Gasteiger partial charge in [0.05, 0.1) is 0 Å². The van der Waals surface area contributed by atoms with Gasteiger partial charge in [-0.3, -0.25) is 4.79 Å². The van der Waals surface area contributed by atoms with E-state index in [1.807, 2.05) is 28.7 Å².